The Morgan fingerprint density at radius 3 is 2.59 bits per heavy atom. The third kappa shape index (κ3) is 4.87. The highest BCUT2D eigenvalue weighted by Crippen LogP contribution is 2.30. The number of carbonyl (C=O) groups excluding carboxylic acids is 1. The summed E-state index contributed by atoms with van der Waals surface area (Å²) >= 11 is 0. The zero-order valence-corrected chi connectivity index (χ0v) is 15.6. The highest BCUT2D eigenvalue weighted by atomic mass is 16.5. The fourth-order valence-electron chi connectivity index (χ4n) is 3.01. The van der Waals surface area contributed by atoms with Crippen molar-refractivity contribution in [2.75, 3.05) is 39.7 Å². The number of benzene rings is 1. The summed E-state index contributed by atoms with van der Waals surface area (Å²) in [5.74, 6) is 1.60. The van der Waals surface area contributed by atoms with Crippen molar-refractivity contribution in [1.29, 1.82) is 0 Å². The van der Waals surface area contributed by atoms with Crippen LogP contribution < -0.4 is 20.1 Å². The molecule has 0 unspecified atom stereocenters. The number of ether oxygens (including phenoxy) is 3. The number of urea groups is 1. The number of aromatic nitrogens is 1. The number of methoxy groups -OCH3 is 2. The molecule has 1 fully saturated rings. The number of nitrogens with zero attached hydrogens (tertiary/aromatic N) is 2. The summed E-state index contributed by atoms with van der Waals surface area (Å²) in [7, 11) is 5.23. The quantitative estimate of drug-likeness (QED) is 0.810. The van der Waals surface area contributed by atoms with E-state index in [2.05, 4.69) is 20.5 Å². The van der Waals surface area contributed by atoms with Gasteiger partial charge in [0.05, 0.1) is 31.1 Å². The monoisotopic (exact) mass is 372 g/mol. The number of anilines is 1. The lowest BCUT2D eigenvalue weighted by atomic mass is 10.2. The minimum absolute atomic E-state index is 0.0181. The van der Waals surface area contributed by atoms with Crippen LogP contribution in [0.4, 0.5) is 10.5 Å². The summed E-state index contributed by atoms with van der Waals surface area (Å²) in [5.41, 5.74) is 0.570. The average molecular weight is 372 g/mol. The normalized spacial score (nSPS) is 19.5. The molecule has 1 aliphatic rings. The fraction of sp³-hybridized carbons (Fsp3) is 0.368. The number of rotatable bonds is 6. The van der Waals surface area contributed by atoms with Gasteiger partial charge in [0, 0.05) is 26.3 Å². The van der Waals surface area contributed by atoms with Crippen LogP contribution in [0, 0.1) is 0 Å². The van der Waals surface area contributed by atoms with Crippen molar-refractivity contribution in [3.63, 3.8) is 0 Å². The summed E-state index contributed by atoms with van der Waals surface area (Å²) in [4.78, 5) is 18.6. The zero-order chi connectivity index (χ0) is 19.2. The van der Waals surface area contributed by atoms with E-state index in [9.17, 15) is 4.79 Å². The first-order valence-electron chi connectivity index (χ1n) is 8.65. The fourth-order valence-corrected chi connectivity index (χ4v) is 3.01. The maximum absolute atomic E-state index is 12.2. The van der Waals surface area contributed by atoms with E-state index in [0.29, 0.717) is 23.1 Å². The number of pyridine rings is 1. The zero-order valence-electron chi connectivity index (χ0n) is 15.6. The molecule has 2 heterocycles. The maximum Gasteiger partial charge on any atom is 0.319 e. The maximum atomic E-state index is 12.2. The predicted octanol–water partition coefficient (Wildman–Crippen LogP) is 2.33. The van der Waals surface area contributed by atoms with Gasteiger partial charge in [0.25, 0.3) is 0 Å². The van der Waals surface area contributed by atoms with Crippen LogP contribution in [0.25, 0.3) is 0 Å². The van der Waals surface area contributed by atoms with Gasteiger partial charge in [-0.2, -0.15) is 0 Å². The van der Waals surface area contributed by atoms with Gasteiger partial charge >= 0.3 is 6.03 Å². The van der Waals surface area contributed by atoms with Crippen LogP contribution in [0.5, 0.6) is 17.4 Å². The smallest absolute Gasteiger partial charge is 0.319 e. The third-order valence-electron chi connectivity index (χ3n) is 4.35. The van der Waals surface area contributed by atoms with Gasteiger partial charge in [-0.1, -0.05) is 12.1 Å². The molecule has 144 valence electrons. The lowest BCUT2D eigenvalue weighted by Crippen LogP contribution is -2.45. The van der Waals surface area contributed by atoms with Crippen molar-refractivity contribution >= 4 is 11.7 Å². The van der Waals surface area contributed by atoms with Crippen molar-refractivity contribution in [2.45, 2.75) is 12.1 Å². The van der Waals surface area contributed by atoms with Gasteiger partial charge in [0.2, 0.25) is 5.88 Å². The Hall–Kier alpha value is -2.84. The SMILES string of the molecule is COc1ccccc1Oc1ccc(NC(=O)N[C@H]2CN(C)C[C@@H]2OC)cn1. The summed E-state index contributed by atoms with van der Waals surface area (Å²) in [6.07, 6.45) is 1.52. The topological polar surface area (TPSA) is 85.0 Å². The van der Waals surface area contributed by atoms with Crippen LogP contribution in [-0.4, -0.2) is 62.4 Å². The number of nitrogens with one attached hydrogen (secondary N) is 2. The van der Waals surface area contributed by atoms with E-state index in [-0.39, 0.29) is 18.2 Å². The van der Waals surface area contributed by atoms with Crippen LogP contribution in [0.15, 0.2) is 42.6 Å². The molecule has 0 saturated carbocycles. The van der Waals surface area contributed by atoms with Crippen LogP contribution in [-0.2, 0) is 4.74 Å². The number of amides is 2. The predicted molar refractivity (Wildman–Crippen MR) is 102 cm³/mol. The number of carbonyl (C=O) groups is 1. The molecule has 1 aliphatic heterocycles. The molecule has 8 nitrogen and oxygen atoms in total. The van der Waals surface area contributed by atoms with Gasteiger partial charge in [0.1, 0.15) is 0 Å². The van der Waals surface area contributed by atoms with Gasteiger partial charge in [-0.3, -0.25) is 0 Å². The molecule has 1 saturated heterocycles. The van der Waals surface area contributed by atoms with E-state index in [0.717, 1.165) is 13.1 Å². The number of para-hydroxylation sites is 2. The molecule has 0 bridgehead atoms. The van der Waals surface area contributed by atoms with Crippen molar-refractivity contribution in [3.05, 3.63) is 42.6 Å². The van der Waals surface area contributed by atoms with Crippen molar-refractivity contribution in [1.82, 2.24) is 15.2 Å². The Morgan fingerprint density at radius 1 is 1.15 bits per heavy atom. The molecule has 2 atom stereocenters. The van der Waals surface area contributed by atoms with Crippen molar-refractivity contribution in [2.24, 2.45) is 0 Å². The molecule has 2 N–H and O–H groups in total. The van der Waals surface area contributed by atoms with Gasteiger partial charge in [0.15, 0.2) is 11.5 Å². The number of hydrogen-bond acceptors (Lipinski definition) is 6. The van der Waals surface area contributed by atoms with E-state index >= 15 is 0 Å². The van der Waals surface area contributed by atoms with E-state index in [1.165, 1.54) is 0 Å². The Kier molecular flexibility index (Phi) is 6.10. The van der Waals surface area contributed by atoms with Gasteiger partial charge in [-0.15, -0.1) is 0 Å². The third-order valence-corrected chi connectivity index (χ3v) is 4.35. The number of likely N-dealkylation sites (tertiary alicyclic amines) is 1. The first kappa shape index (κ1) is 18.9. The Balaban J connectivity index is 1.56. The standard InChI is InChI=1S/C19H24N4O4/c1-23-11-14(17(12-23)26-3)22-19(24)21-13-8-9-18(20-10-13)27-16-7-5-4-6-15(16)25-2/h4-10,14,17H,11-12H2,1-3H3,(H2,21,22,24)/t14-,17-/m0/s1. The second-order valence-corrected chi connectivity index (χ2v) is 6.34. The highest BCUT2D eigenvalue weighted by molar-refractivity contribution is 5.89. The first-order valence-corrected chi connectivity index (χ1v) is 8.65. The summed E-state index contributed by atoms with van der Waals surface area (Å²) in [6, 6.07) is 10.4. The van der Waals surface area contributed by atoms with Gasteiger partial charge in [-0.05, 0) is 25.2 Å². The minimum Gasteiger partial charge on any atom is -0.493 e. The van der Waals surface area contributed by atoms with Gasteiger partial charge < -0.3 is 29.7 Å². The second-order valence-electron chi connectivity index (χ2n) is 6.34. The Labute approximate surface area is 158 Å². The van der Waals surface area contributed by atoms with Crippen LogP contribution in [0.2, 0.25) is 0 Å². The first-order chi connectivity index (χ1) is 13.1. The van der Waals surface area contributed by atoms with E-state index in [1.807, 2.05) is 25.2 Å². The molecule has 0 aliphatic carbocycles. The molecule has 1 aromatic carbocycles. The van der Waals surface area contributed by atoms with E-state index in [1.54, 1.807) is 38.6 Å². The molecule has 8 heteroatoms. The molecule has 2 aromatic rings. The Bertz CT molecular complexity index is 769. The number of hydrogen-bond donors (Lipinski definition) is 2. The second kappa shape index (κ2) is 8.70. The summed E-state index contributed by atoms with van der Waals surface area (Å²) in [5, 5.41) is 5.71. The lowest BCUT2D eigenvalue weighted by Gasteiger charge is -2.18. The largest absolute Gasteiger partial charge is 0.493 e. The molecular formula is C19H24N4O4. The molecule has 1 aromatic heterocycles. The molecule has 2 amide bonds. The molecule has 0 radical (unpaired) electrons. The van der Waals surface area contributed by atoms with Crippen molar-refractivity contribution in [3.8, 4) is 17.4 Å². The average Bonchev–Trinajstić information content (AvgIpc) is 3.03. The molecule has 0 spiro atoms. The van der Waals surface area contributed by atoms with E-state index in [4.69, 9.17) is 14.2 Å². The van der Waals surface area contributed by atoms with Crippen molar-refractivity contribution < 1.29 is 19.0 Å². The summed E-state index contributed by atoms with van der Waals surface area (Å²) < 4.78 is 16.4. The molecule has 3 rings (SSSR count). The lowest BCUT2D eigenvalue weighted by molar-refractivity contribution is 0.0940. The highest BCUT2D eigenvalue weighted by Gasteiger charge is 2.31. The van der Waals surface area contributed by atoms with Crippen LogP contribution in [0.3, 0.4) is 0 Å². The van der Waals surface area contributed by atoms with Gasteiger partial charge in [-0.25, -0.2) is 9.78 Å². The van der Waals surface area contributed by atoms with Crippen LogP contribution in [0.1, 0.15) is 0 Å². The molecule has 27 heavy (non-hydrogen) atoms. The Morgan fingerprint density at radius 2 is 1.93 bits per heavy atom. The summed E-state index contributed by atoms with van der Waals surface area (Å²) in [6.45, 7) is 1.54. The van der Waals surface area contributed by atoms with E-state index < -0.39 is 0 Å². The van der Waals surface area contributed by atoms with Crippen LogP contribution >= 0.6 is 0 Å². The number of likely N-dealkylation sites (N-methyl/N-ethyl adjacent to an activating group) is 1. The molecular weight excluding hydrogens is 348 g/mol. The minimum atomic E-state index is -0.294.